The van der Waals surface area contributed by atoms with Crippen LogP contribution in [0.15, 0.2) is 60.4 Å². The number of carbonyl (C=O) groups excluding carboxylic acids is 2. The average molecular weight is 484 g/mol. The van der Waals surface area contributed by atoms with E-state index in [0.717, 1.165) is 5.56 Å². The van der Waals surface area contributed by atoms with Crippen LogP contribution in [0.1, 0.15) is 36.7 Å². The van der Waals surface area contributed by atoms with Crippen molar-refractivity contribution >= 4 is 11.8 Å². The van der Waals surface area contributed by atoms with Gasteiger partial charge in [-0.3, -0.25) is 4.79 Å². The SMILES string of the molecule is CN(C)C=C(C(=O)c1ccc(F)cc1OCc1ccccc1)N1CCN(OC(=O)C(C)(C)C)CC1. The van der Waals surface area contributed by atoms with Gasteiger partial charge in [0, 0.05) is 39.5 Å². The average Bonchev–Trinajstić information content (AvgIpc) is 2.81. The zero-order valence-electron chi connectivity index (χ0n) is 21.1. The van der Waals surface area contributed by atoms with Gasteiger partial charge < -0.3 is 19.4 Å². The summed E-state index contributed by atoms with van der Waals surface area (Å²) < 4.78 is 19.9. The van der Waals surface area contributed by atoms with E-state index >= 15 is 0 Å². The summed E-state index contributed by atoms with van der Waals surface area (Å²) in [5, 5.41) is 1.63. The second kappa shape index (κ2) is 11.4. The number of allylic oxidation sites excluding steroid dienone is 1. The molecule has 0 spiro atoms. The normalized spacial score (nSPS) is 15.0. The Hall–Kier alpha value is -3.39. The number of hydroxylamine groups is 2. The van der Waals surface area contributed by atoms with Crippen LogP contribution in [0.5, 0.6) is 5.75 Å². The Morgan fingerprint density at radius 2 is 1.69 bits per heavy atom. The quantitative estimate of drug-likeness (QED) is 0.414. The van der Waals surface area contributed by atoms with Crippen LogP contribution in [-0.4, -0.2) is 66.9 Å². The lowest BCUT2D eigenvalue weighted by Crippen LogP contribution is -2.48. The Labute approximate surface area is 206 Å². The lowest BCUT2D eigenvalue weighted by molar-refractivity contribution is -0.205. The molecule has 3 rings (SSSR count). The Kier molecular flexibility index (Phi) is 8.51. The highest BCUT2D eigenvalue weighted by atomic mass is 19.1. The van der Waals surface area contributed by atoms with Crippen LogP contribution in [0.2, 0.25) is 0 Å². The summed E-state index contributed by atoms with van der Waals surface area (Å²) in [4.78, 5) is 35.2. The van der Waals surface area contributed by atoms with E-state index in [4.69, 9.17) is 9.57 Å². The molecule has 0 atom stereocenters. The van der Waals surface area contributed by atoms with Crippen molar-refractivity contribution in [2.24, 2.45) is 5.41 Å². The molecule has 0 unspecified atom stereocenters. The van der Waals surface area contributed by atoms with E-state index in [9.17, 15) is 14.0 Å². The third-order valence-corrected chi connectivity index (χ3v) is 5.44. The van der Waals surface area contributed by atoms with Gasteiger partial charge in [-0.15, -0.1) is 5.06 Å². The molecule has 1 aliphatic heterocycles. The molecule has 35 heavy (non-hydrogen) atoms. The van der Waals surface area contributed by atoms with Gasteiger partial charge >= 0.3 is 5.97 Å². The molecular formula is C27H34FN3O4. The number of nitrogens with zero attached hydrogens (tertiary/aromatic N) is 3. The molecule has 1 fully saturated rings. The number of carbonyl (C=O) groups is 2. The fourth-order valence-corrected chi connectivity index (χ4v) is 3.48. The van der Waals surface area contributed by atoms with Crippen molar-refractivity contribution in [1.29, 1.82) is 0 Å². The van der Waals surface area contributed by atoms with Crippen molar-refractivity contribution < 1.29 is 23.6 Å². The smallest absolute Gasteiger partial charge is 0.330 e. The minimum Gasteiger partial charge on any atom is -0.488 e. The molecule has 0 aromatic heterocycles. The molecule has 0 radical (unpaired) electrons. The fourth-order valence-electron chi connectivity index (χ4n) is 3.48. The van der Waals surface area contributed by atoms with Gasteiger partial charge in [0.15, 0.2) is 0 Å². The summed E-state index contributed by atoms with van der Waals surface area (Å²) in [7, 11) is 3.68. The Bertz CT molecular complexity index is 1060. The first-order chi connectivity index (χ1) is 16.5. The summed E-state index contributed by atoms with van der Waals surface area (Å²) in [6.45, 7) is 7.54. The predicted molar refractivity (Wildman–Crippen MR) is 132 cm³/mol. The Balaban J connectivity index is 1.77. The number of hydrogen-bond acceptors (Lipinski definition) is 7. The van der Waals surface area contributed by atoms with Crippen LogP contribution < -0.4 is 4.74 Å². The molecule has 0 amide bonds. The topological polar surface area (TPSA) is 62.3 Å². The minimum atomic E-state index is -0.595. The molecule has 1 heterocycles. The molecule has 2 aromatic rings. The van der Waals surface area contributed by atoms with Crippen LogP contribution in [-0.2, 0) is 16.2 Å². The molecule has 1 aliphatic rings. The predicted octanol–water partition coefficient (Wildman–Crippen LogP) is 4.11. The highest BCUT2D eigenvalue weighted by Crippen LogP contribution is 2.26. The number of ketones is 1. The first-order valence-corrected chi connectivity index (χ1v) is 11.7. The van der Waals surface area contributed by atoms with E-state index in [1.807, 2.05) is 70.1 Å². The van der Waals surface area contributed by atoms with Crippen LogP contribution >= 0.6 is 0 Å². The minimum absolute atomic E-state index is 0.196. The summed E-state index contributed by atoms with van der Waals surface area (Å²) >= 11 is 0. The second-order valence-electron chi connectivity index (χ2n) is 9.77. The number of hydrogen-bond donors (Lipinski definition) is 0. The first kappa shape index (κ1) is 26.2. The number of ether oxygens (including phenoxy) is 1. The maximum Gasteiger partial charge on any atom is 0.330 e. The number of benzene rings is 2. The number of rotatable bonds is 8. The van der Waals surface area contributed by atoms with E-state index in [0.29, 0.717) is 31.9 Å². The van der Waals surface area contributed by atoms with Crippen molar-refractivity contribution in [1.82, 2.24) is 14.9 Å². The zero-order chi connectivity index (χ0) is 25.6. The van der Waals surface area contributed by atoms with Gasteiger partial charge in [0.1, 0.15) is 23.9 Å². The van der Waals surface area contributed by atoms with Gasteiger partial charge in [-0.25, -0.2) is 9.18 Å². The maximum absolute atomic E-state index is 14.1. The lowest BCUT2D eigenvalue weighted by Gasteiger charge is -2.36. The van der Waals surface area contributed by atoms with Gasteiger partial charge in [0.05, 0.1) is 24.1 Å². The molecule has 0 saturated carbocycles. The van der Waals surface area contributed by atoms with Crippen LogP contribution in [0.4, 0.5) is 4.39 Å². The third-order valence-electron chi connectivity index (χ3n) is 5.44. The van der Waals surface area contributed by atoms with E-state index in [1.54, 1.807) is 16.2 Å². The van der Waals surface area contributed by atoms with Crippen molar-refractivity contribution in [3.05, 3.63) is 77.4 Å². The van der Waals surface area contributed by atoms with Gasteiger partial charge in [-0.05, 0) is 38.5 Å². The van der Waals surface area contributed by atoms with Crippen molar-refractivity contribution in [3.8, 4) is 5.75 Å². The van der Waals surface area contributed by atoms with Crippen molar-refractivity contribution in [2.75, 3.05) is 40.3 Å². The Morgan fingerprint density at radius 3 is 2.29 bits per heavy atom. The Morgan fingerprint density at radius 1 is 1.03 bits per heavy atom. The highest BCUT2D eigenvalue weighted by molar-refractivity contribution is 6.10. The zero-order valence-corrected chi connectivity index (χ0v) is 21.1. The maximum atomic E-state index is 14.1. The molecule has 8 heteroatoms. The van der Waals surface area contributed by atoms with E-state index < -0.39 is 11.2 Å². The summed E-state index contributed by atoms with van der Waals surface area (Å²) in [5.74, 6) is -0.835. The summed E-state index contributed by atoms with van der Waals surface area (Å²) in [6.07, 6.45) is 1.75. The molecule has 0 N–H and O–H groups in total. The summed E-state index contributed by atoms with van der Waals surface area (Å²) in [5.41, 5.74) is 1.08. The largest absolute Gasteiger partial charge is 0.488 e. The lowest BCUT2D eigenvalue weighted by atomic mass is 9.98. The monoisotopic (exact) mass is 483 g/mol. The molecule has 0 bridgehead atoms. The van der Waals surface area contributed by atoms with Gasteiger partial charge in [0.25, 0.3) is 0 Å². The summed E-state index contributed by atoms with van der Waals surface area (Å²) in [6, 6.07) is 13.5. The number of piperazine rings is 1. The van der Waals surface area contributed by atoms with Gasteiger partial charge in [0.2, 0.25) is 5.78 Å². The number of halogens is 1. The van der Waals surface area contributed by atoms with Crippen molar-refractivity contribution in [2.45, 2.75) is 27.4 Å². The molecule has 0 aliphatic carbocycles. The third kappa shape index (κ3) is 7.29. The molecule has 1 saturated heterocycles. The van der Waals surface area contributed by atoms with Crippen LogP contribution in [0.25, 0.3) is 0 Å². The van der Waals surface area contributed by atoms with E-state index in [-0.39, 0.29) is 29.7 Å². The fraction of sp³-hybridized carbons (Fsp3) is 0.407. The van der Waals surface area contributed by atoms with Gasteiger partial charge in [-0.2, -0.15) is 0 Å². The highest BCUT2D eigenvalue weighted by Gasteiger charge is 2.30. The standard InChI is InChI=1S/C27H34FN3O4/c1-27(2,3)26(33)35-31-15-13-30(14-16-31)23(18-29(4)5)25(32)22-12-11-21(28)17-24(22)34-19-20-9-7-6-8-10-20/h6-12,17-18H,13-16,19H2,1-5H3. The number of Topliss-reactive ketones (excluding diaryl/α,β-unsaturated/α-hetero) is 1. The van der Waals surface area contributed by atoms with E-state index in [1.165, 1.54) is 18.2 Å². The molecule has 2 aromatic carbocycles. The van der Waals surface area contributed by atoms with Gasteiger partial charge in [-0.1, -0.05) is 30.3 Å². The molecular weight excluding hydrogens is 449 g/mol. The first-order valence-electron chi connectivity index (χ1n) is 11.7. The molecule has 7 nitrogen and oxygen atoms in total. The van der Waals surface area contributed by atoms with E-state index in [2.05, 4.69) is 0 Å². The second-order valence-corrected chi connectivity index (χ2v) is 9.77. The van der Waals surface area contributed by atoms with Crippen LogP contribution in [0.3, 0.4) is 0 Å². The van der Waals surface area contributed by atoms with Crippen molar-refractivity contribution in [3.63, 3.8) is 0 Å². The molecule has 188 valence electrons. The van der Waals surface area contributed by atoms with Crippen LogP contribution in [0, 0.1) is 11.2 Å².